The summed E-state index contributed by atoms with van der Waals surface area (Å²) in [5.41, 5.74) is 1.52. The Labute approximate surface area is 96.7 Å². The van der Waals surface area contributed by atoms with Crippen molar-refractivity contribution in [2.24, 2.45) is 5.92 Å². The van der Waals surface area contributed by atoms with Crippen molar-refractivity contribution in [1.29, 1.82) is 0 Å². The first-order valence-corrected chi connectivity index (χ1v) is 5.80. The van der Waals surface area contributed by atoms with Crippen molar-refractivity contribution in [2.75, 3.05) is 5.32 Å². The molecule has 1 aromatic rings. The second-order valence-electron chi connectivity index (χ2n) is 3.27. The SMILES string of the molecule is CCC(CCC(=O)Nc1nncs1)C(=O)O. The van der Waals surface area contributed by atoms with E-state index in [0.29, 0.717) is 18.0 Å². The Kier molecular flexibility index (Phi) is 4.84. The smallest absolute Gasteiger partial charge is 0.306 e. The summed E-state index contributed by atoms with van der Waals surface area (Å²) in [6.45, 7) is 1.79. The molecule has 0 aliphatic heterocycles. The monoisotopic (exact) mass is 243 g/mol. The van der Waals surface area contributed by atoms with E-state index >= 15 is 0 Å². The van der Waals surface area contributed by atoms with E-state index in [1.54, 1.807) is 6.92 Å². The first-order valence-electron chi connectivity index (χ1n) is 4.92. The number of carboxylic acids is 1. The molecule has 1 rings (SSSR count). The second-order valence-corrected chi connectivity index (χ2v) is 4.11. The summed E-state index contributed by atoms with van der Waals surface area (Å²) in [4.78, 5) is 22.1. The zero-order valence-corrected chi connectivity index (χ0v) is 9.66. The van der Waals surface area contributed by atoms with Crippen molar-refractivity contribution in [1.82, 2.24) is 10.2 Å². The fourth-order valence-electron chi connectivity index (χ4n) is 1.22. The van der Waals surface area contributed by atoms with Crippen LogP contribution in [0.5, 0.6) is 0 Å². The molecule has 1 unspecified atom stereocenters. The molecule has 0 radical (unpaired) electrons. The van der Waals surface area contributed by atoms with E-state index in [1.165, 1.54) is 16.8 Å². The number of aliphatic carboxylic acids is 1. The van der Waals surface area contributed by atoms with Crippen LogP contribution in [0.4, 0.5) is 5.13 Å². The molecular formula is C9H13N3O3S. The third kappa shape index (κ3) is 3.93. The van der Waals surface area contributed by atoms with Crippen LogP contribution >= 0.6 is 11.3 Å². The van der Waals surface area contributed by atoms with Crippen molar-refractivity contribution in [3.8, 4) is 0 Å². The predicted molar refractivity (Wildman–Crippen MR) is 59.2 cm³/mol. The molecule has 7 heteroatoms. The predicted octanol–water partition coefficient (Wildman–Crippen LogP) is 1.37. The maximum atomic E-state index is 11.4. The average Bonchev–Trinajstić information content (AvgIpc) is 2.70. The average molecular weight is 243 g/mol. The summed E-state index contributed by atoms with van der Waals surface area (Å²) in [6, 6.07) is 0. The van der Waals surface area contributed by atoms with Gasteiger partial charge in [-0.25, -0.2) is 0 Å². The van der Waals surface area contributed by atoms with Crippen LogP contribution in [0.2, 0.25) is 0 Å². The number of nitrogens with zero attached hydrogens (tertiary/aromatic N) is 2. The summed E-state index contributed by atoms with van der Waals surface area (Å²) >= 11 is 1.23. The first kappa shape index (κ1) is 12.6. The molecule has 0 fully saturated rings. The maximum absolute atomic E-state index is 11.4. The Morgan fingerprint density at radius 2 is 2.38 bits per heavy atom. The van der Waals surface area contributed by atoms with E-state index in [1.807, 2.05) is 0 Å². The van der Waals surface area contributed by atoms with Gasteiger partial charge in [0, 0.05) is 6.42 Å². The molecule has 0 aliphatic rings. The summed E-state index contributed by atoms with van der Waals surface area (Å²) in [5, 5.41) is 19.0. The lowest BCUT2D eigenvalue weighted by molar-refractivity contribution is -0.142. The third-order valence-electron chi connectivity index (χ3n) is 2.17. The number of amides is 1. The molecule has 0 aromatic carbocycles. The van der Waals surface area contributed by atoms with E-state index in [-0.39, 0.29) is 12.3 Å². The summed E-state index contributed by atoms with van der Waals surface area (Å²) < 4.78 is 0. The van der Waals surface area contributed by atoms with Gasteiger partial charge >= 0.3 is 5.97 Å². The molecule has 0 spiro atoms. The minimum atomic E-state index is -0.855. The maximum Gasteiger partial charge on any atom is 0.306 e. The summed E-state index contributed by atoms with van der Waals surface area (Å²) in [5.74, 6) is -1.54. The van der Waals surface area contributed by atoms with Gasteiger partial charge in [0.25, 0.3) is 0 Å². The zero-order valence-electron chi connectivity index (χ0n) is 8.84. The van der Waals surface area contributed by atoms with Crippen LogP contribution in [-0.2, 0) is 9.59 Å². The topological polar surface area (TPSA) is 92.2 Å². The van der Waals surface area contributed by atoms with E-state index < -0.39 is 11.9 Å². The Morgan fingerprint density at radius 1 is 1.62 bits per heavy atom. The van der Waals surface area contributed by atoms with Crippen LogP contribution in [0.25, 0.3) is 0 Å². The highest BCUT2D eigenvalue weighted by Gasteiger charge is 2.16. The molecule has 1 heterocycles. The van der Waals surface area contributed by atoms with Gasteiger partial charge in [0.2, 0.25) is 11.0 Å². The van der Waals surface area contributed by atoms with Crippen LogP contribution in [0.3, 0.4) is 0 Å². The van der Waals surface area contributed by atoms with Crippen LogP contribution in [0, 0.1) is 5.92 Å². The number of carbonyl (C=O) groups is 2. The van der Waals surface area contributed by atoms with Crippen LogP contribution in [0.15, 0.2) is 5.51 Å². The van der Waals surface area contributed by atoms with Gasteiger partial charge in [0.15, 0.2) is 0 Å². The van der Waals surface area contributed by atoms with Crippen molar-refractivity contribution in [3.63, 3.8) is 0 Å². The Bertz CT molecular complexity index is 353. The molecule has 1 amide bonds. The third-order valence-corrected chi connectivity index (χ3v) is 2.77. The van der Waals surface area contributed by atoms with Crippen LogP contribution in [0.1, 0.15) is 26.2 Å². The largest absolute Gasteiger partial charge is 0.481 e. The van der Waals surface area contributed by atoms with Gasteiger partial charge in [-0.1, -0.05) is 18.3 Å². The molecule has 0 saturated carbocycles. The Hall–Kier alpha value is -1.50. The fourth-order valence-corrected chi connectivity index (χ4v) is 1.68. The van der Waals surface area contributed by atoms with Crippen LogP contribution < -0.4 is 5.32 Å². The molecule has 0 bridgehead atoms. The van der Waals surface area contributed by atoms with Gasteiger partial charge in [0.05, 0.1) is 5.92 Å². The van der Waals surface area contributed by atoms with Gasteiger partial charge in [-0.05, 0) is 12.8 Å². The number of carbonyl (C=O) groups excluding carboxylic acids is 1. The number of hydrogen-bond donors (Lipinski definition) is 2. The van der Waals surface area contributed by atoms with Crippen molar-refractivity contribution in [2.45, 2.75) is 26.2 Å². The summed E-state index contributed by atoms with van der Waals surface area (Å²) in [6.07, 6.45) is 1.06. The highest BCUT2D eigenvalue weighted by Crippen LogP contribution is 2.13. The van der Waals surface area contributed by atoms with Crippen molar-refractivity contribution >= 4 is 28.3 Å². The lowest BCUT2D eigenvalue weighted by Gasteiger charge is -2.08. The molecule has 16 heavy (non-hydrogen) atoms. The lowest BCUT2D eigenvalue weighted by atomic mass is 10.0. The highest BCUT2D eigenvalue weighted by molar-refractivity contribution is 7.13. The minimum Gasteiger partial charge on any atom is -0.481 e. The minimum absolute atomic E-state index is 0.185. The normalized spacial score (nSPS) is 12.1. The van der Waals surface area contributed by atoms with Gasteiger partial charge in [-0.3, -0.25) is 9.59 Å². The molecule has 1 atom stereocenters. The molecule has 0 saturated heterocycles. The number of nitrogens with one attached hydrogen (secondary N) is 1. The number of hydrogen-bond acceptors (Lipinski definition) is 5. The van der Waals surface area contributed by atoms with Gasteiger partial charge in [-0.15, -0.1) is 10.2 Å². The quantitative estimate of drug-likeness (QED) is 0.787. The number of anilines is 1. The molecule has 6 nitrogen and oxygen atoms in total. The lowest BCUT2D eigenvalue weighted by Crippen LogP contribution is -2.17. The molecule has 88 valence electrons. The molecule has 2 N–H and O–H groups in total. The Balaban J connectivity index is 2.32. The van der Waals surface area contributed by atoms with Crippen molar-refractivity contribution in [3.05, 3.63) is 5.51 Å². The van der Waals surface area contributed by atoms with E-state index in [0.717, 1.165) is 0 Å². The number of aromatic nitrogens is 2. The molecule has 0 aliphatic carbocycles. The van der Waals surface area contributed by atoms with Gasteiger partial charge in [0.1, 0.15) is 5.51 Å². The zero-order chi connectivity index (χ0) is 12.0. The number of rotatable bonds is 6. The van der Waals surface area contributed by atoms with E-state index in [9.17, 15) is 9.59 Å². The van der Waals surface area contributed by atoms with Crippen LogP contribution in [-0.4, -0.2) is 27.2 Å². The van der Waals surface area contributed by atoms with Crippen molar-refractivity contribution < 1.29 is 14.7 Å². The second kappa shape index (κ2) is 6.16. The first-order chi connectivity index (χ1) is 7.63. The van der Waals surface area contributed by atoms with Gasteiger partial charge < -0.3 is 10.4 Å². The molecule has 1 aromatic heterocycles. The van der Waals surface area contributed by atoms with Gasteiger partial charge in [-0.2, -0.15) is 0 Å². The Morgan fingerprint density at radius 3 is 2.88 bits per heavy atom. The van der Waals surface area contributed by atoms with E-state index in [4.69, 9.17) is 5.11 Å². The summed E-state index contributed by atoms with van der Waals surface area (Å²) in [7, 11) is 0. The molecular weight excluding hydrogens is 230 g/mol. The number of carboxylic acid groups (broad SMARTS) is 1. The van der Waals surface area contributed by atoms with E-state index in [2.05, 4.69) is 15.5 Å². The standard InChI is InChI=1S/C9H13N3O3S/c1-2-6(8(14)15)3-4-7(13)11-9-12-10-5-16-9/h5-6H,2-4H2,1H3,(H,14,15)(H,11,12,13). The fraction of sp³-hybridized carbons (Fsp3) is 0.556. The highest BCUT2D eigenvalue weighted by atomic mass is 32.1.